The quantitative estimate of drug-likeness (QED) is 0.422. The maximum Gasteiger partial charge on any atom is 0.191 e. The summed E-state index contributed by atoms with van der Waals surface area (Å²) in [5.74, 6) is 0.228. The van der Waals surface area contributed by atoms with E-state index in [2.05, 4.69) is 20.6 Å². The lowest BCUT2D eigenvalue weighted by Gasteiger charge is -2.14. The second-order valence-electron chi connectivity index (χ2n) is 7.27. The van der Waals surface area contributed by atoms with Gasteiger partial charge < -0.3 is 20.5 Å². The molecule has 2 aromatic carbocycles. The number of halogens is 2. The van der Waals surface area contributed by atoms with Crippen LogP contribution in [-0.2, 0) is 19.5 Å². The normalized spacial score (nSPS) is 12.0. The van der Waals surface area contributed by atoms with Crippen molar-refractivity contribution < 1.29 is 8.78 Å². The molecule has 0 amide bonds. The molecule has 1 heterocycles. The van der Waals surface area contributed by atoms with Gasteiger partial charge >= 0.3 is 0 Å². The van der Waals surface area contributed by atoms with Gasteiger partial charge in [-0.3, -0.25) is 4.99 Å². The van der Waals surface area contributed by atoms with Crippen molar-refractivity contribution in [2.75, 3.05) is 27.7 Å². The molecule has 3 rings (SSSR count). The molecule has 3 aromatic rings. The summed E-state index contributed by atoms with van der Waals surface area (Å²) in [5.41, 5.74) is 3.63. The smallest absolute Gasteiger partial charge is 0.191 e. The average Bonchev–Trinajstić information content (AvgIpc) is 3.08. The van der Waals surface area contributed by atoms with Gasteiger partial charge in [0.05, 0.1) is 0 Å². The molecule has 0 bridgehead atoms. The van der Waals surface area contributed by atoms with Gasteiger partial charge in [-0.15, -0.1) is 0 Å². The van der Waals surface area contributed by atoms with Gasteiger partial charge in [-0.05, 0) is 62.0 Å². The SMILES string of the molecule is CN=C(NCCc1c[nH]c2ccc(F)cc12)NCc1ccc(F)c(CN(C)C)c1. The number of nitrogens with zero attached hydrogens (tertiary/aromatic N) is 2. The van der Waals surface area contributed by atoms with Crippen LogP contribution in [0.1, 0.15) is 16.7 Å². The fraction of sp³-hybridized carbons (Fsp3) is 0.318. The topological polar surface area (TPSA) is 55.5 Å². The van der Waals surface area contributed by atoms with Crippen LogP contribution in [0.4, 0.5) is 8.78 Å². The van der Waals surface area contributed by atoms with Gasteiger partial charge in [0.2, 0.25) is 0 Å². The Labute approximate surface area is 169 Å². The van der Waals surface area contributed by atoms with Crippen molar-refractivity contribution in [1.29, 1.82) is 0 Å². The fourth-order valence-electron chi connectivity index (χ4n) is 3.28. The van der Waals surface area contributed by atoms with Gasteiger partial charge in [0.25, 0.3) is 0 Å². The second kappa shape index (κ2) is 9.52. The summed E-state index contributed by atoms with van der Waals surface area (Å²) in [5, 5.41) is 7.41. The van der Waals surface area contributed by atoms with E-state index in [0.29, 0.717) is 31.2 Å². The van der Waals surface area contributed by atoms with Crippen LogP contribution < -0.4 is 10.6 Å². The van der Waals surface area contributed by atoms with Crippen LogP contribution in [0.5, 0.6) is 0 Å². The zero-order valence-corrected chi connectivity index (χ0v) is 17.0. The fourth-order valence-corrected chi connectivity index (χ4v) is 3.28. The van der Waals surface area contributed by atoms with Crippen molar-refractivity contribution in [1.82, 2.24) is 20.5 Å². The standard InChI is InChI=1S/C22H27F2N5/c1-25-22(28-12-15-4-6-20(24)17(10-15)14-29(2)3)26-9-8-16-13-27-21-7-5-18(23)11-19(16)21/h4-7,10-11,13,27H,8-9,12,14H2,1-3H3,(H2,25,26,28). The third kappa shape index (κ3) is 5.54. The molecule has 0 atom stereocenters. The van der Waals surface area contributed by atoms with E-state index < -0.39 is 0 Å². The number of guanidine groups is 1. The highest BCUT2D eigenvalue weighted by Crippen LogP contribution is 2.19. The Morgan fingerprint density at radius 3 is 2.66 bits per heavy atom. The van der Waals surface area contributed by atoms with Crippen LogP contribution in [-0.4, -0.2) is 43.5 Å². The van der Waals surface area contributed by atoms with Gasteiger partial charge in [-0.1, -0.05) is 6.07 Å². The van der Waals surface area contributed by atoms with Crippen LogP contribution in [0.25, 0.3) is 10.9 Å². The Bertz CT molecular complexity index is 994. The van der Waals surface area contributed by atoms with E-state index in [9.17, 15) is 8.78 Å². The first-order valence-electron chi connectivity index (χ1n) is 9.58. The zero-order chi connectivity index (χ0) is 20.8. The lowest BCUT2D eigenvalue weighted by molar-refractivity contribution is 0.392. The maximum absolute atomic E-state index is 13.9. The number of hydrogen-bond acceptors (Lipinski definition) is 2. The first-order chi connectivity index (χ1) is 14.0. The van der Waals surface area contributed by atoms with Gasteiger partial charge in [0, 0.05) is 49.3 Å². The minimum Gasteiger partial charge on any atom is -0.361 e. The number of aromatic nitrogens is 1. The van der Waals surface area contributed by atoms with Gasteiger partial charge in [-0.2, -0.15) is 0 Å². The molecular formula is C22H27F2N5. The third-order valence-electron chi connectivity index (χ3n) is 4.70. The van der Waals surface area contributed by atoms with Crippen LogP contribution in [0.3, 0.4) is 0 Å². The Morgan fingerprint density at radius 2 is 1.90 bits per heavy atom. The predicted octanol–water partition coefficient (Wildman–Crippen LogP) is 3.42. The van der Waals surface area contributed by atoms with E-state index in [1.807, 2.05) is 31.3 Å². The largest absolute Gasteiger partial charge is 0.361 e. The maximum atomic E-state index is 13.9. The number of aliphatic imine (C=N–C) groups is 1. The van der Waals surface area contributed by atoms with Crippen molar-refractivity contribution in [2.45, 2.75) is 19.5 Å². The van der Waals surface area contributed by atoms with E-state index in [1.54, 1.807) is 25.2 Å². The van der Waals surface area contributed by atoms with Gasteiger partial charge in [0.15, 0.2) is 5.96 Å². The molecule has 0 fully saturated rings. The van der Waals surface area contributed by atoms with Crippen LogP contribution >= 0.6 is 0 Å². The highest BCUT2D eigenvalue weighted by molar-refractivity contribution is 5.83. The van der Waals surface area contributed by atoms with Gasteiger partial charge in [0.1, 0.15) is 11.6 Å². The number of benzene rings is 2. The lowest BCUT2D eigenvalue weighted by atomic mass is 10.1. The molecule has 1 aromatic heterocycles. The Balaban J connectivity index is 1.54. The summed E-state index contributed by atoms with van der Waals surface area (Å²) < 4.78 is 27.4. The third-order valence-corrected chi connectivity index (χ3v) is 4.70. The molecule has 0 spiro atoms. The van der Waals surface area contributed by atoms with E-state index >= 15 is 0 Å². The van der Waals surface area contributed by atoms with Crippen molar-refractivity contribution in [3.8, 4) is 0 Å². The first kappa shape index (κ1) is 20.8. The molecule has 0 saturated carbocycles. The molecule has 0 aliphatic rings. The average molecular weight is 399 g/mol. The van der Waals surface area contributed by atoms with Gasteiger partial charge in [-0.25, -0.2) is 8.78 Å². The van der Waals surface area contributed by atoms with Crippen molar-refractivity contribution in [2.24, 2.45) is 4.99 Å². The molecule has 29 heavy (non-hydrogen) atoms. The highest BCUT2D eigenvalue weighted by atomic mass is 19.1. The summed E-state index contributed by atoms with van der Waals surface area (Å²) in [4.78, 5) is 9.33. The molecular weight excluding hydrogens is 372 g/mol. The summed E-state index contributed by atoms with van der Waals surface area (Å²) in [7, 11) is 5.54. The number of nitrogens with one attached hydrogen (secondary N) is 3. The second-order valence-corrected chi connectivity index (χ2v) is 7.27. The first-order valence-corrected chi connectivity index (χ1v) is 9.58. The molecule has 0 radical (unpaired) electrons. The number of H-pyrrole nitrogens is 1. The van der Waals surface area contributed by atoms with Crippen molar-refractivity contribution >= 4 is 16.9 Å². The van der Waals surface area contributed by atoms with E-state index in [1.165, 1.54) is 12.1 Å². The molecule has 7 heteroatoms. The molecule has 0 aliphatic heterocycles. The van der Waals surface area contributed by atoms with Crippen LogP contribution in [0.15, 0.2) is 47.6 Å². The van der Waals surface area contributed by atoms with E-state index in [4.69, 9.17) is 0 Å². The molecule has 0 aliphatic carbocycles. The molecule has 154 valence electrons. The number of aromatic amines is 1. The zero-order valence-electron chi connectivity index (χ0n) is 17.0. The van der Waals surface area contributed by atoms with Crippen LogP contribution in [0, 0.1) is 11.6 Å². The number of rotatable bonds is 7. The Hall–Kier alpha value is -2.93. The molecule has 3 N–H and O–H groups in total. The summed E-state index contributed by atoms with van der Waals surface area (Å²) in [6.07, 6.45) is 2.64. The summed E-state index contributed by atoms with van der Waals surface area (Å²) >= 11 is 0. The molecule has 0 saturated heterocycles. The van der Waals surface area contributed by atoms with Crippen molar-refractivity contribution in [3.63, 3.8) is 0 Å². The number of fused-ring (bicyclic) bond motifs is 1. The summed E-state index contributed by atoms with van der Waals surface area (Å²) in [6.45, 7) is 1.75. The molecule has 5 nitrogen and oxygen atoms in total. The molecule has 0 unspecified atom stereocenters. The van der Waals surface area contributed by atoms with E-state index in [0.717, 1.165) is 28.5 Å². The summed E-state index contributed by atoms with van der Waals surface area (Å²) in [6, 6.07) is 9.89. The van der Waals surface area contributed by atoms with Crippen molar-refractivity contribution in [3.05, 3.63) is 70.9 Å². The monoisotopic (exact) mass is 399 g/mol. The Kier molecular flexibility index (Phi) is 6.82. The predicted molar refractivity (Wildman–Crippen MR) is 114 cm³/mol. The van der Waals surface area contributed by atoms with Crippen LogP contribution in [0.2, 0.25) is 0 Å². The minimum absolute atomic E-state index is 0.194. The number of hydrogen-bond donors (Lipinski definition) is 3. The Morgan fingerprint density at radius 1 is 1.07 bits per heavy atom. The van der Waals surface area contributed by atoms with E-state index in [-0.39, 0.29) is 11.6 Å². The lowest BCUT2D eigenvalue weighted by Crippen LogP contribution is -2.37. The minimum atomic E-state index is -0.239. The highest BCUT2D eigenvalue weighted by Gasteiger charge is 2.07.